The van der Waals surface area contributed by atoms with Gasteiger partial charge in [-0.2, -0.15) is 0 Å². The largest absolute Gasteiger partial charge is 1.00 e. The predicted molar refractivity (Wildman–Crippen MR) is 263 cm³/mol. The number of aromatic carboxylic acids is 4. The molecule has 0 bridgehead atoms. The van der Waals surface area contributed by atoms with Gasteiger partial charge in [-0.25, -0.2) is 29.5 Å². The van der Waals surface area contributed by atoms with Gasteiger partial charge in [0.2, 0.25) is 0 Å². The maximum atomic E-state index is 10.9. The fraction of sp³-hybridized carbons (Fsp3) is 0.0769. The Bertz CT molecular complexity index is 2850. The zero-order valence-electron chi connectivity index (χ0n) is 38.8. The van der Waals surface area contributed by atoms with Crippen molar-refractivity contribution < 1.29 is 106 Å². The Morgan fingerprint density at radius 3 is 0.784 bits per heavy atom. The summed E-state index contributed by atoms with van der Waals surface area (Å²) >= 11 is 0. The molecule has 74 heavy (non-hydrogen) atoms. The van der Waals surface area contributed by atoms with Crippen LogP contribution >= 0.6 is 0 Å². The molecule has 20 nitrogen and oxygen atoms in total. The van der Waals surface area contributed by atoms with E-state index in [-0.39, 0.29) is 88.9 Å². The quantitative estimate of drug-likeness (QED) is 0.167. The van der Waals surface area contributed by atoms with E-state index in [2.05, 4.69) is 86.7 Å². The van der Waals surface area contributed by atoms with E-state index < -0.39 is 23.9 Å². The van der Waals surface area contributed by atoms with Crippen molar-refractivity contribution in [3.05, 3.63) is 241 Å². The Balaban J connectivity index is 0.000000481. The molecule has 4 aromatic heterocycles. The van der Waals surface area contributed by atoms with Crippen molar-refractivity contribution in [1.29, 1.82) is 0 Å². The summed E-state index contributed by atoms with van der Waals surface area (Å²) in [6.45, 7) is 3.41. The van der Waals surface area contributed by atoms with Gasteiger partial charge in [-0.15, -0.1) is 0 Å². The number of carboxylic acids is 4. The van der Waals surface area contributed by atoms with E-state index >= 15 is 0 Å². The van der Waals surface area contributed by atoms with Gasteiger partial charge in [0.25, 0.3) is 0 Å². The summed E-state index contributed by atoms with van der Waals surface area (Å²) in [4.78, 5) is 59.8. The smallest absolute Gasteiger partial charge is 0.545 e. The van der Waals surface area contributed by atoms with Gasteiger partial charge in [-0.3, -0.25) is 0 Å². The number of benzene rings is 6. The summed E-state index contributed by atoms with van der Waals surface area (Å²) in [5.74, 6) is -4.79. The SMILES string of the molecule is O.O.O.O.O=C([O-])c1ccc(C(=O)O)c2ccccc12.O=C([O-])c1ccc(C(=O)O)c2ccccc12.[Ag+].[Ag+].c1ccc(Cn2ccnc2)c(Cn2ccnc2)c1.c1ccc(Cn2ccnc2)c(Cn2ccnc2)c1. The van der Waals surface area contributed by atoms with Crippen molar-refractivity contribution in [2.45, 2.75) is 26.2 Å². The molecule has 0 aliphatic rings. The summed E-state index contributed by atoms with van der Waals surface area (Å²) in [7, 11) is 0. The Morgan fingerprint density at radius 1 is 0.365 bits per heavy atom. The second-order valence-electron chi connectivity index (χ2n) is 15.1. The normalized spacial score (nSPS) is 9.62. The van der Waals surface area contributed by atoms with Crippen LogP contribution in [0.1, 0.15) is 63.7 Å². The van der Waals surface area contributed by atoms with Crippen LogP contribution < -0.4 is 10.2 Å². The molecule has 392 valence electrons. The number of carbonyl (C=O) groups excluding carboxylic acids is 2. The monoisotopic (exact) mass is 1190 g/mol. The Labute approximate surface area is 454 Å². The average molecular weight is 1190 g/mol. The van der Waals surface area contributed by atoms with Crippen molar-refractivity contribution in [2.75, 3.05) is 0 Å². The van der Waals surface area contributed by atoms with Gasteiger partial charge in [0.05, 0.1) is 48.4 Å². The first-order valence-electron chi connectivity index (χ1n) is 20.9. The van der Waals surface area contributed by atoms with Crippen molar-refractivity contribution >= 4 is 45.4 Å². The number of rotatable bonds is 12. The van der Waals surface area contributed by atoms with Crippen molar-refractivity contribution in [3.63, 3.8) is 0 Å². The van der Waals surface area contributed by atoms with E-state index in [1.54, 1.807) is 73.3 Å². The second-order valence-corrected chi connectivity index (χ2v) is 15.1. The molecule has 0 saturated carbocycles. The first-order chi connectivity index (χ1) is 33.0. The zero-order valence-corrected chi connectivity index (χ0v) is 41.8. The van der Waals surface area contributed by atoms with Gasteiger partial charge in [0.1, 0.15) is 0 Å². The molecule has 0 aliphatic carbocycles. The number of hydrogen-bond acceptors (Lipinski definition) is 10. The predicted octanol–water partition coefficient (Wildman–Crippen LogP) is 2.85. The van der Waals surface area contributed by atoms with Crippen LogP contribution in [-0.2, 0) is 70.9 Å². The molecule has 0 radical (unpaired) electrons. The minimum Gasteiger partial charge on any atom is -0.545 e. The third-order valence-electron chi connectivity index (χ3n) is 10.6. The molecular formula is C52H50Ag2N8O12. The van der Waals surface area contributed by atoms with Crippen LogP contribution in [0.4, 0.5) is 0 Å². The van der Waals surface area contributed by atoms with E-state index in [0.717, 1.165) is 26.2 Å². The summed E-state index contributed by atoms with van der Waals surface area (Å²) < 4.78 is 8.30. The van der Waals surface area contributed by atoms with Crippen molar-refractivity contribution in [2.24, 2.45) is 0 Å². The van der Waals surface area contributed by atoms with Crippen LogP contribution in [0.2, 0.25) is 0 Å². The first kappa shape index (κ1) is 63.9. The number of aromatic nitrogens is 8. The first-order valence-corrected chi connectivity index (χ1v) is 20.9. The molecule has 0 saturated heterocycles. The molecule has 10 rings (SSSR count). The number of imidazole rings is 4. The molecule has 4 heterocycles. The zero-order chi connectivity index (χ0) is 47.8. The van der Waals surface area contributed by atoms with E-state index in [4.69, 9.17) is 10.2 Å². The maximum Gasteiger partial charge on any atom is 1.00 e. The van der Waals surface area contributed by atoms with Gasteiger partial charge in [-0.1, -0.05) is 109 Å². The van der Waals surface area contributed by atoms with Crippen molar-refractivity contribution in [1.82, 2.24) is 38.2 Å². The van der Waals surface area contributed by atoms with Crippen LogP contribution in [0.15, 0.2) is 196 Å². The molecule has 0 aliphatic heterocycles. The van der Waals surface area contributed by atoms with Gasteiger partial charge < -0.3 is 70.2 Å². The summed E-state index contributed by atoms with van der Waals surface area (Å²) in [5.41, 5.74) is 5.41. The van der Waals surface area contributed by atoms with Gasteiger partial charge in [0.15, 0.2) is 0 Å². The fourth-order valence-corrected chi connectivity index (χ4v) is 7.37. The van der Waals surface area contributed by atoms with E-state index in [0.29, 0.717) is 21.5 Å². The summed E-state index contributed by atoms with van der Waals surface area (Å²) in [6, 6.07) is 34.9. The molecular weight excluding hydrogens is 1140 g/mol. The molecule has 6 aromatic carbocycles. The number of nitrogens with zero attached hydrogens (tertiary/aromatic N) is 8. The average Bonchev–Trinajstić information content (AvgIpc) is 4.22. The molecule has 10 aromatic rings. The summed E-state index contributed by atoms with van der Waals surface area (Å²) in [6.07, 6.45) is 22.5. The third kappa shape index (κ3) is 17.0. The number of fused-ring (bicyclic) bond motifs is 2. The molecule has 0 fully saturated rings. The summed E-state index contributed by atoms with van der Waals surface area (Å²) in [5, 5.41) is 41.1. The maximum absolute atomic E-state index is 10.9. The molecule has 0 spiro atoms. The van der Waals surface area contributed by atoms with Gasteiger partial charge in [-0.05, 0) is 55.9 Å². The third-order valence-corrected chi connectivity index (χ3v) is 10.6. The molecule has 0 amide bonds. The number of hydrogen-bond donors (Lipinski definition) is 2. The Morgan fingerprint density at radius 2 is 0.581 bits per heavy atom. The molecule has 0 unspecified atom stereocenters. The Kier molecular flexibility index (Phi) is 27.1. The van der Waals surface area contributed by atoms with Crippen LogP contribution in [-0.4, -0.2) is 94.2 Å². The van der Waals surface area contributed by atoms with Crippen LogP contribution in [0.5, 0.6) is 0 Å². The fourth-order valence-electron chi connectivity index (χ4n) is 7.37. The van der Waals surface area contributed by atoms with Gasteiger partial charge >= 0.3 is 56.7 Å². The molecule has 22 heteroatoms. The van der Waals surface area contributed by atoms with E-state index in [1.165, 1.54) is 46.5 Å². The topological polar surface area (TPSA) is 352 Å². The van der Waals surface area contributed by atoms with E-state index in [9.17, 15) is 29.4 Å². The Hall–Kier alpha value is -8.12. The number of carboxylic acid groups (broad SMARTS) is 4. The van der Waals surface area contributed by atoms with Gasteiger partial charge in [0, 0.05) is 86.9 Å². The van der Waals surface area contributed by atoms with Crippen LogP contribution in [0, 0.1) is 0 Å². The van der Waals surface area contributed by atoms with E-state index in [1.807, 2.05) is 50.1 Å². The second kappa shape index (κ2) is 31.4. The minimum atomic E-state index is -1.31. The van der Waals surface area contributed by atoms with Crippen molar-refractivity contribution in [3.8, 4) is 0 Å². The molecule has 10 N–H and O–H groups in total. The van der Waals surface area contributed by atoms with Crippen LogP contribution in [0.3, 0.4) is 0 Å². The standard InChI is InChI=1S/2C14H14N4.2C12H8O4.2Ag.4H2O/c2*1-2-4-14(10-18-8-6-16-12-18)13(3-1)9-17-7-5-15-11-17;2*13-11(14)9-5-6-10(12(15)16)8-4-2-1-3-7(8)9;;;;;;/h2*1-8,11-12H,9-10H2;2*1-6H,(H,13,14)(H,15,16);;;4*1H2/q;;;;2*+1;;;;/p-2. The number of carbonyl (C=O) groups is 4. The molecule has 0 atom stereocenters. The minimum absolute atomic E-state index is 0. The van der Waals surface area contributed by atoms with Crippen LogP contribution in [0.25, 0.3) is 21.5 Å².